The summed E-state index contributed by atoms with van der Waals surface area (Å²) >= 11 is 0. The molecule has 2 heterocycles. The third-order valence-corrected chi connectivity index (χ3v) is 2.69. The van der Waals surface area contributed by atoms with Gasteiger partial charge >= 0.3 is 0 Å². The fourth-order valence-electron chi connectivity index (χ4n) is 2.08. The molecule has 0 aromatic carbocycles. The van der Waals surface area contributed by atoms with Crippen molar-refractivity contribution in [3.8, 4) is 0 Å². The molecule has 1 saturated heterocycles. The second kappa shape index (κ2) is 2.84. The number of piperidine rings is 1. The molecule has 0 spiro atoms. The van der Waals surface area contributed by atoms with Crippen molar-refractivity contribution in [2.45, 2.75) is 26.2 Å². The van der Waals surface area contributed by atoms with Gasteiger partial charge in [-0.15, -0.1) is 0 Å². The highest BCUT2D eigenvalue weighted by Gasteiger charge is 2.24. The first-order chi connectivity index (χ1) is 5.38. The molecule has 1 fully saturated rings. The normalized spacial score (nSPS) is 31.2. The molecule has 0 saturated carbocycles. The van der Waals surface area contributed by atoms with Crippen LogP contribution < -0.4 is 0 Å². The second-order valence-electron chi connectivity index (χ2n) is 3.62. The molecule has 0 aromatic rings. The highest BCUT2D eigenvalue weighted by Crippen LogP contribution is 2.20. The van der Waals surface area contributed by atoms with Gasteiger partial charge in [-0.25, -0.2) is 0 Å². The van der Waals surface area contributed by atoms with Crippen molar-refractivity contribution in [1.82, 2.24) is 4.90 Å². The number of aliphatic imine (C=N–C) groups is 1. The maximum atomic E-state index is 4.58. The zero-order valence-corrected chi connectivity index (χ0v) is 7.21. The Labute approximate surface area is 68.3 Å². The molecule has 0 amide bonds. The van der Waals surface area contributed by atoms with Crippen LogP contribution in [-0.4, -0.2) is 30.4 Å². The van der Waals surface area contributed by atoms with Crippen LogP contribution in [-0.2, 0) is 0 Å². The van der Waals surface area contributed by atoms with Crippen molar-refractivity contribution >= 4 is 5.84 Å². The van der Waals surface area contributed by atoms with E-state index in [1.165, 1.54) is 38.2 Å². The molecule has 2 aliphatic rings. The van der Waals surface area contributed by atoms with E-state index in [9.17, 15) is 0 Å². The van der Waals surface area contributed by atoms with E-state index in [1.807, 2.05) is 0 Å². The highest BCUT2D eigenvalue weighted by molar-refractivity contribution is 5.85. The van der Waals surface area contributed by atoms with Gasteiger partial charge in [0.25, 0.3) is 0 Å². The van der Waals surface area contributed by atoms with E-state index < -0.39 is 0 Å². The van der Waals surface area contributed by atoms with E-state index in [0.29, 0.717) is 0 Å². The van der Waals surface area contributed by atoms with Crippen molar-refractivity contribution in [3.05, 3.63) is 0 Å². The number of nitrogens with zero attached hydrogens (tertiary/aromatic N) is 2. The minimum absolute atomic E-state index is 0.726. The molecule has 11 heavy (non-hydrogen) atoms. The van der Waals surface area contributed by atoms with Crippen LogP contribution in [0.5, 0.6) is 0 Å². The summed E-state index contributed by atoms with van der Waals surface area (Å²) in [6, 6.07) is 0. The first-order valence-electron chi connectivity index (χ1n) is 4.67. The van der Waals surface area contributed by atoms with Gasteiger partial charge in [-0.2, -0.15) is 0 Å². The molecule has 0 aliphatic carbocycles. The number of fused-ring (bicyclic) bond motifs is 1. The Morgan fingerprint density at radius 3 is 3.00 bits per heavy atom. The van der Waals surface area contributed by atoms with E-state index in [1.54, 1.807) is 0 Å². The molecule has 0 radical (unpaired) electrons. The molecule has 2 heteroatoms. The summed E-state index contributed by atoms with van der Waals surface area (Å²) in [7, 11) is 0. The van der Waals surface area contributed by atoms with Gasteiger partial charge in [0, 0.05) is 25.6 Å². The Morgan fingerprint density at radius 1 is 1.36 bits per heavy atom. The average Bonchev–Trinajstić information content (AvgIpc) is 2.06. The van der Waals surface area contributed by atoms with E-state index in [2.05, 4.69) is 16.8 Å². The van der Waals surface area contributed by atoms with Crippen LogP contribution in [0.4, 0.5) is 0 Å². The maximum Gasteiger partial charge on any atom is 0.102 e. The van der Waals surface area contributed by atoms with Crippen LogP contribution in [0.1, 0.15) is 26.2 Å². The average molecular weight is 152 g/mol. The van der Waals surface area contributed by atoms with Gasteiger partial charge in [0.2, 0.25) is 0 Å². The summed E-state index contributed by atoms with van der Waals surface area (Å²) < 4.78 is 0. The van der Waals surface area contributed by atoms with Crippen molar-refractivity contribution in [1.29, 1.82) is 0 Å². The van der Waals surface area contributed by atoms with E-state index in [0.717, 1.165) is 12.5 Å². The molecular formula is C9H16N2. The molecule has 0 N–H and O–H groups in total. The Balaban J connectivity index is 2.14. The molecule has 0 aromatic heterocycles. The number of amidine groups is 1. The van der Waals surface area contributed by atoms with E-state index in [4.69, 9.17) is 0 Å². The predicted molar refractivity (Wildman–Crippen MR) is 46.9 cm³/mol. The standard InChI is InChI=1S/C9H16N2/c1-8-4-2-6-11-7-3-5-10-9(8)11/h8H,2-7H2,1H3. The zero-order chi connectivity index (χ0) is 7.68. The van der Waals surface area contributed by atoms with E-state index in [-0.39, 0.29) is 0 Å². The van der Waals surface area contributed by atoms with Gasteiger partial charge in [-0.05, 0) is 19.3 Å². The lowest BCUT2D eigenvalue weighted by molar-refractivity contribution is 0.320. The van der Waals surface area contributed by atoms with Crippen molar-refractivity contribution < 1.29 is 0 Å². The third kappa shape index (κ3) is 1.26. The number of hydrogen-bond acceptors (Lipinski definition) is 2. The lowest BCUT2D eigenvalue weighted by Crippen LogP contribution is -2.43. The third-order valence-electron chi connectivity index (χ3n) is 2.69. The van der Waals surface area contributed by atoms with Crippen LogP contribution in [0, 0.1) is 5.92 Å². The molecule has 2 rings (SSSR count). The predicted octanol–water partition coefficient (Wildman–Crippen LogP) is 1.52. The van der Waals surface area contributed by atoms with E-state index >= 15 is 0 Å². The summed E-state index contributed by atoms with van der Waals surface area (Å²) in [6.45, 7) is 5.87. The molecule has 1 atom stereocenters. The van der Waals surface area contributed by atoms with Gasteiger partial charge in [0.05, 0.1) is 0 Å². The van der Waals surface area contributed by atoms with Crippen molar-refractivity contribution in [2.75, 3.05) is 19.6 Å². The Hall–Kier alpha value is -0.530. The van der Waals surface area contributed by atoms with Crippen LogP contribution >= 0.6 is 0 Å². The molecule has 2 aliphatic heterocycles. The topological polar surface area (TPSA) is 15.6 Å². The summed E-state index contributed by atoms with van der Waals surface area (Å²) in [5, 5.41) is 0. The fraction of sp³-hybridized carbons (Fsp3) is 0.889. The maximum absolute atomic E-state index is 4.58. The smallest absolute Gasteiger partial charge is 0.102 e. The largest absolute Gasteiger partial charge is 0.360 e. The lowest BCUT2D eigenvalue weighted by Gasteiger charge is -2.36. The van der Waals surface area contributed by atoms with Gasteiger partial charge < -0.3 is 4.90 Å². The Morgan fingerprint density at radius 2 is 2.18 bits per heavy atom. The van der Waals surface area contributed by atoms with Crippen LogP contribution in [0.25, 0.3) is 0 Å². The second-order valence-corrected chi connectivity index (χ2v) is 3.62. The molecule has 0 bridgehead atoms. The Kier molecular flexibility index (Phi) is 1.84. The molecule has 2 nitrogen and oxygen atoms in total. The van der Waals surface area contributed by atoms with Gasteiger partial charge in [-0.3, -0.25) is 4.99 Å². The summed E-state index contributed by atoms with van der Waals surface area (Å²) in [5.41, 5.74) is 0. The molecule has 62 valence electrons. The van der Waals surface area contributed by atoms with Crippen LogP contribution in [0.3, 0.4) is 0 Å². The van der Waals surface area contributed by atoms with Gasteiger partial charge in [-0.1, -0.05) is 6.92 Å². The number of rotatable bonds is 0. The fourth-order valence-corrected chi connectivity index (χ4v) is 2.08. The summed E-state index contributed by atoms with van der Waals surface area (Å²) in [4.78, 5) is 7.04. The quantitative estimate of drug-likeness (QED) is 0.514. The zero-order valence-electron chi connectivity index (χ0n) is 7.21. The monoisotopic (exact) mass is 152 g/mol. The molecule has 1 unspecified atom stereocenters. The lowest BCUT2D eigenvalue weighted by atomic mass is 9.97. The highest BCUT2D eigenvalue weighted by atomic mass is 15.2. The minimum atomic E-state index is 0.726. The summed E-state index contributed by atoms with van der Waals surface area (Å²) in [6.07, 6.45) is 3.96. The summed E-state index contributed by atoms with van der Waals surface area (Å²) in [5.74, 6) is 2.12. The first-order valence-corrected chi connectivity index (χ1v) is 4.67. The van der Waals surface area contributed by atoms with Crippen molar-refractivity contribution in [2.24, 2.45) is 10.9 Å². The van der Waals surface area contributed by atoms with Crippen molar-refractivity contribution in [3.63, 3.8) is 0 Å². The SMILES string of the molecule is CC1CCCN2CCCN=C12. The van der Waals surface area contributed by atoms with Gasteiger partial charge in [0.1, 0.15) is 5.84 Å². The minimum Gasteiger partial charge on any atom is -0.360 e. The van der Waals surface area contributed by atoms with Crippen LogP contribution in [0.2, 0.25) is 0 Å². The number of hydrogen-bond donors (Lipinski definition) is 0. The molecular weight excluding hydrogens is 136 g/mol. The van der Waals surface area contributed by atoms with Crippen LogP contribution in [0.15, 0.2) is 4.99 Å². The van der Waals surface area contributed by atoms with Gasteiger partial charge in [0.15, 0.2) is 0 Å². The first kappa shape index (κ1) is 7.14. The Bertz CT molecular complexity index is 174.